The van der Waals surface area contributed by atoms with Crippen molar-refractivity contribution in [2.75, 3.05) is 39.4 Å². The number of nitrogens with two attached hydrogens (primary N) is 1. The number of carbonyl (C=O) groups is 5. The molecule has 0 aromatic heterocycles. The van der Waals surface area contributed by atoms with Gasteiger partial charge in [-0.25, -0.2) is 5.92 Å². The minimum Gasteiger partial charge on any atom is -0.387 e. The van der Waals surface area contributed by atoms with E-state index in [0.29, 0.717) is 18.6 Å². The first kappa shape index (κ1) is 86.8. The molecule has 11 heteroatoms. The Morgan fingerprint density at radius 2 is 0.606 bits per heavy atom. The van der Waals surface area contributed by atoms with Crippen molar-refractivity contribution in [1.29, 1.82) is 0 Å². The van der Waals surface area contributed by atoms with Crippen LogP contribution in [0, 0.1) is 392 Å². The molecule has 109 heavy (non-hydrogen) atoms. The Bertz CT molecular complexity index is 5930. The second kappa shape index (κ2) is 62.0. The highest BCUT2D eigenvalue weighted by atomic mass is 16.5. The van der Waals surface area contributed by atoms with Gasteiger partial charge in [-0.2, -0.15) is 0 Å². The van der Waals surface area contributed by atoms with Crippen LogP contribution in [-0.2, 0) is 32.2 Å². The van der Waals surface area contributed by atoms with Crippen LogP contribution >= 0.6 is 0 Å². The molecule has 498 valence electrons. The smallest absolute Gasteiger partial charge is 0.248 e. The molecule has 0 saturated carbocycles. The summed E-state index contributed by atoms with van der Waals surface area (Å²) in [6, 6.07) is 15.5. The maximum atomic E-state index is 11.3. The Hall–Kier alpha value is -18.3. The van der Waals surface area contributed by atoms with Crippen molar-refractivity contribution in [2.24, 2.45) is 5.73 Å². The number of hydrogen-bond acceptors (Lipinski definition) is 9. The summed E-state index contributed by atoms with van der Waals surface area (Å²) in [6.45, 7) is 8.02. The van der Waals surface area contributed by atoms with Gasteiger partial charge in [-0.15, -0.1) is 12.3 Å². The van der Waals surface area contributed by atoms with Crippen molar-refractivity contribution in [3.63, 3.8) is 0 Å². The molecular formula is C98H43N4O7-. The molecule has 2 amide bonds. The Kier molecular flexibility index (Phi) is 49.4. The van der Waals surface area contributed by atoms with Crippen LogP contribution in [0.3, 0.4) is 0 Å². The number of terminal acetylenes is 1. The molecule has 3 aliphatic heterocycles. The predicted molar refractivity (Wildman–Crippen MR) is 417 cm³/mol. The van der Waals surface area contributed by atoms with E-state index in [4.69, 9.17) is 22.7 Å². The zero-order chi connectivity index (χ0) is 78.7. The van der Waals surface area contributed by atoms with Crippen LogP contribution in [0.4, 0.5) is 0 Å². The molecule has 0 unspecified atom stereocenters. The molecule has 4 N–H and O–H groups in total. The molecule has 0 bridgehead atoms. The maximum Gasteiger partial charge on any atom is 0.248 e. The summed E-state index contributed by atoms with van der Waals surface area (Å²) in [5.74, 6) is 157. The number of ether oxygens (including phenoxy) is 1. The van der Waals surface area contributed by atoms with Crippen molar-refractivity contribution in [2.45, 2.75) is 58.3 Å². The summed E-state index contributed by atoms with van der Waals surface area (Å²) in [4.78, 5) is 58.8. The number of aliphatic hydroxyl groups is 1. The standard InChI is InChI=1S/C66H.C16H20N2O3.C14H17NO2.C2H5NO2/c1-3-5-7-9-11-13-15-17-19-21-23-25-27-29-31-33-35-37-39-41-43-45-47-49-51-53-55-57-59-61-63-65-66-64-62-60-58-56-54-52-50-48-46-44-42-40-38-36-34-32-30-28-26-24-22-20-18-16-14-12-10-8-6-4-2;1-12(19)14-4-2-13(3-5-14)10-18-8-6-16(7-9-18)17-15(20)11-21-16;1-11(16)13-4-2-12(3-5-13)10-15-8-6-14(17)7-9-15;3-2(5)1-4/h1H;2-5H,6-11H2,1H3,(H,17,20);2-5H,6-10H2,1H3;4H,1H2,(H2,3,5)/q-1;;;. The minimum atomic E-state index is -0.690. The number of rotatable bonds is 7. The summed E-state index contributed by atoms with van der Waals surface area (Å²) in [5, 5.41) is 10.6. The molecular weight excluding hydrogens is 1350 g/mol. The second-order valence-corrected chi connectivity index (χ2v) is 19.1. The van der Waals surface area contributed by atoms with E-state index in [1.165, 1.54) is 11.1 Å². The first-order valence-electron chi connectivity index (χ1n) is 30.8. The van der Waals surface area contributed by atoms with Crippen molar-refractivity contribution in [3.8, 4) is 385 Å². The van der Waals surface area contributed by atoms with Gasteiger partial charge in [-0.05, 0) is 120 Å². The lowest BCUT2D eigenvalue weighted by Crippen LogP contribution is -2.51. The number of ketones is 3. The van der Waals surface area contributed by atoms with E-state index in [0.717, 1.165) is 63.2 Å². The lowest BCUT2D eigenvalue weighted by atomic mass is 10.00. The number of hydrogen-bond donors (Lipinski definition) is 3. The van der Waals surface area contributed by atoms with Gasteiger partial charge in [0.1, 0.15) is 24.7 Å². The summed E-state index contributed by atoms with van der Waals surface area (Å²) >= 11 is 0. The number of carbonyl (C=O) groups excluding carboxylic acids is 5. The topological polar surface area (TPSA) is 159 Å². The average molecular weight is 1390 g/mol. The number of nitrogens with zero attached hydrogens (tertiary/aromatic N) is 2. The Morgan fingerprint density at radius 1 is 0.394 bits per heavy atom. The highest BCUT2D eigenvalue weighted by Gasteiger charge is 2.41. The number of primary amides is 1. The van der Waals surface area contributed by atoms with Gasteiger partial charge >= 0.3 is 0 Å². The van der Waals surface area contributed by atoms with Crippen molar-refractivity contribution in [1.82, 2.24) is 15.1 Å². The molecule has 3 saturated heterocycles. The molecule has 0 atom stereocenters. The SMILES string of the molecule is CC(=O)c1ccc(CN2CCC(=O)CC2)cc1.CC(=O)c1ccc(CN2CCC3(CC2)NC(=O)CO3)cc1.NC(=O)CO.[C-]#CC#CC#CC#CC#CC#CC#CC#CC#CC#CC#CC#CC#CC#CC#CC#CC#CC#CC#CC#CC#CC#CC#CC#CC#CC#CC#CC#CC#CC#CC#CC#CC#C. The molecule has 1 spiro atoms. The monoisotopic (exact) mass is 1390 g/mol. The zero-order valence-corrected chi connectivity index (χ0v) is 58.0. The molecule has 3 heterocycles. The van der Waals surface area contributed by atoms with E-state index in [1.54, 1.807) is 13.8 Å². The van der Waals surface area contributed by atoms with Crippen LogP contribution in [0.1, 0.15) is 71.4 Å². The van der Waals surface area contributed by atoms with Crippen molar-refractivity contribution < 1.29 is 33.8 Å². The Labute approximate surface area is 640 Å². The lowest BCUT2D eigenvalue weighted by Gasteiger charge is -2.38. The molecule has 0 aliphatic carbocycles. The van der Waals surface area contributed by atoms with E-state index in [1.807, 2.05) is 54.5 Å². The van der Waals surface area contributed by atoms with E-state index in [9.17, 15) is 24.0 Å². The van der Waals surface area contributed by atoms with Gasteiger partial charge in [-0.3, -0.25) is 39.7 Å². The Balaban J connectivity index is 0.000000736. The molecule has 3 fully saturated rings. The van der Waals surface area contributed by atoms with Crippen LogP contribution in [0.5, 0.6) is 0 Å². The van der Waals surface area contributed by atoms with Crippen LogP contribution in [0.15, 0.2) is 48.5 Å². The zero-order valence-electron chi connectivity index (χ0n) is 58.0. The van der Waals surface area contributed by atoms with Gasteiger partial charge in [-0.1, -0.05) is 48.5 Å². The minimum absolute atomic E-state index is 0.0109. The molecule has 0 radical (unpaired) electrons. The average Bonchev–Trinajstić information content (AvgIpc) is 1.68. The van der Waals surface area contributed by atoms with Gasteiger partial charge in [0.2, 0.25) is 11.8 Å². The lowest BCUT2D eigenvalue weighted by molar-refractivity contribution is -0.122. The largest absolute Gasteiger partial charge is 0.387 e. The number of aliphatic hydroxyl groups excluding tert-OH is 1. The normalized spacial score (nSPS) is 9.51. The third kappa shape index (κ3) is 51.5. The maximum absolute atomic E-state index is 11.3. The van der Waals surface area contributed by atoms with Gasteiger partial charge in [0, 0.05) is 342 Å². The fourth-order valence-corrected chi connectivity index (χ4v) is 6.98. The van der Waals surface area contributed by atoms with Crippen LogP contribution in [0.25, 0.3) is 0 Å². The molecule has 11 nitrogen and oxygen atoms in total. The third-order valence-electron chi connectivity index (χ3n) is 11.6. The number of nitrogens with one attached hydrogen (secondary N) is 1. The third-order valence-corrected chi connectivity index (χ3v) is 11.6. The van der Waals surface area contributed by atoms with Gasteiger partial charge in [0.25, 0.3) is 0 Å². The van der Waals surface area contributed by atoms with Crippen molar-refractivity contribution in [3.05, 3.63) is 77.2 Å². The summed E-state index contributed by atoms with van der Waals surface area (Å²) in [6.07, 6.45) is 14.5. The number of piperidine rings is 2. The summed E-state index contributed by atoms with van der Waals surface area (Å²) in [5.41, 5.74) is 7.88. The van der Waals surface area contributed by atoms with Crippen LogP contribution < -0.4 is 11.1 Å². The fourth-order valence-electron chi connectivity index (χ4n) is 6.98. The number of Topliss-reactive ketones (excluding diaryl/α,β-unsaturated/α-hetero) is 3. The van der Waals surface area contributed by atoms with E-state index < -0.39 is 18.2 Å². The Morgan fingerprint density at radius 3 is 0.789 bits per heavy atom. The van der Waals surface area contributed by atoms with Crippen LogP contribution in [-0.4, -0.2) is 89.2 Å². The molecule has 3 aliphatic rings. The van der Waals surface area contributed by atoms with E-state index in [2.05, 4.69) is 394 Å². The number of benzene rings is 2. The fraction of sp³-hybridized carbons (Fsp3) is 0.153. The molecule has 2 aromatic carbocycles. The van der Waals surface area contributed by atoms with Crippen molar-refractivity contribution >= 4 is 29.2 Å². The van der Waals surface area contributed by atoms with E-state index >= 15 is 0 Å². The van der Waals surface area contributed by atoms with E-state index in [-0.39, 0.29) is 24.1 Å². The van der Waals surface area contributed by atoms with Crippen LogP contribution in [0.2, 0.25) is 0 Å². The van der Waals surface area contributed by atoms with Gasteiger partial charge in [0.05, 0.1) is 0 Å². The van der Waals surface area contributed by atoms with Gasteiger partial charge in [0.15, 0.2) is 11.6 Å². The number of amides is 2. The number of likely N-dealkylation sites (tertiary alicyclic amines) is 2. The highest BCUT2D eigenvalue weighted by molar-refractivity contribution is 5.94. The first-order chi connectivity index (χ1) is 53.4. The first-order valence-corrected chi connectivity index (χ1v) is 30.8. The summed E-state index contributed by atoms with van der Waals surface area (Å²) in [7, 11) is 0. The predicted octanol–water partition coefficient (Wildman–Crippen LogP) is 2.16. The quantitative estimate of drug-likeness (QED) is 0.215. The molecule has 5 rings (SSSR count). The highest BCUT2D eigenvalue weighted by Crippen LogP contribution is 2.27. The van der Waals surface area contributed by atoms with Gasteiger partial charge < -0.3 is 27.3 Å². The second-order valence-electron chi connectivity index (χ2n) is 19.1. The summed E-state index contributed by atoms with van der Waals surface area (Å²) < 4.78 is 5.61. The molecule has 2 aromatic rings.